The summed E-state index contributed by atoms with van der Waals surface area (Å²) in [5.41, 5.74) is -0.484. The second-order valence-corrected chi connectivity index (χ2v) is 7.05. The summed E-state index contributed by atoms with van der Waals surface area (Å²) in [5.74, 6) is 1.04. The number of nitrogens with one attached hydrogen (secondary N) is 1. The van der Waals surface area contributed by atoms with Crippen LogP contribution in [-0.2, 0) is 9.53 Å². The number of esters is 1. The second kappa shape index (κ2) is 7.10. The normalized spacial score (nSPS) is 21.6. The molecule has 0 aromatic carbocycles. The third-order valence-corrected chi connectivity index (χ3v) is 4.52. The van der Waals surface area contributed by atoms with Crippen LogP contribution in [0.4, 0.5) is 0 Å². The number of carbonyl (C=O) groups excluding carboxylic acids is 1. The van der Waals surface area contributed by atoms with Crippen LogP contribution >= 0.6 is 0 Å². The number of rotatable bonds is 10. The molecule has 0 aromatic rings. The number of likely N-dealkylation sites (N-methyl/N-ethyl adjacent to an activating group) is 1. The molecule has 1 unspecified atom stereocenters. The first-order chi connectivity index (χ1) is 10.0. The van der Waals surface area contributed by atoms with E-state index in [1.807, 2.05) is 6.92 Å². The number of ether oxygens (including phenoxy) is 1. The van der Waals surface area contributed by atoms with Crippen molar-refractivity contribution in [3.05, 3.63) is 0 Å². The fourth-order valence-corrected chi connectivity index (χ4v) is 3.36. The highest BCUT2D eigenvalue weighted by atomic mass is 16.5. The molecular weight excluding hydrogens is 264 g/mol. The Bertz CT molecular complexity index is 351. The Kier molecular flexibility index (Phi) is 5.67. The standard InChI is InChI=1S/C17H32N2O2/c1-5-18-17(14-7-8-14,16(20)21-6-2)12-19(11-13(3)4)15-9-10-15/h13-15,18H,5-12H2,1-4H3. The Balaban J connectivity index is 2.14. The van der Waals surface area contributed by atoms with Crippen LogP contribution in [0.15, 0.2) is 0 Å². The van der Waals surface area contributed by atoms with E-state index in [2.05, 4.69) is 31.0 Å². The van der Waals surface area contributed by atoms with Crippen molar-refractivity contribution in [1.29, 1.82) is 0 Å². The van der Waals surface area contributed by atoms with Crippen molar-refractivity contribution < 1.29 is 9.53 Å². The summed E-state index contributed by atoms with van der Waals surface area (Å²) in [6.45, 7) is 11.7. The van der Waals surface area contributed by atoms with Gasteiger partial charge in [-0.2, -0.15) is 0 Å². The van der Waals surface area contributed by atoms with Gasteiger partial charge in [-0.1, -0.05) is 20.8 Å². The number of nitrogens with zero attached hydrogens (tertiary/aromatic N) is 1. The summed E-state index contributed by atoms with van der Waals surface area (Å²) in [6.07, 6.45) is 4.85. The zero-order valence-electron chi connectivity index (χ0n) is 14.2. The number of carbonyl (C=O) groups is 1. The van der Waals surface area contributed by atoms with E-state index in [4.69, 9.17) is 4.74 Å². The van der Waals surface area contributed by atoms with Gasteiger partial charge in [0.1, 0.15) is 5.54 Å². The van der Waals surface area contributed by atoms with Crippen molar-refractivity contribution in [3.63, 3.8) is 0 Å². The lowest BCUT2D eigenvalue weighted by Gasteiger charge is -2.38. The molecule has 2 aliphatic rings. The Labute approximate surface area is 129 Å². The molecule has 4 heteroatoms. The smallest absolute Gasteiger partial charge is 0.327 e. The molecule has 122 valence electrons. The molecular formula is C17H32N2O2. The minimum atomic E-state index is -0.484. The van der Waals surface area contributed by atoms with E-state index in [1.165, 1.54) is 12.8 Å². The molecule has 0 amide bonds. The van der Waals surface area contributed by atoms with Crippen LogP contribution in [0.3, 0.4) is 0 Å². The molecule has 0 aromatic heterocycles. The molecule has 0 spiro atoms. The molecule has 0 saturated heterocycles. The van der Waals surface area contributed by atoms with Crippen LogP contribution in [0, 0.1) is 11.8 Å². The van der Waals surface area contributed by atoms with Crippen LogP contribution in [0.1, 0.15) is 53.4 Å². The lowest BCUT2D eigenvalue weighted by Crippen LogP contribution is -2.62. The van der Waals surface area contributed by atoms with Gasteiger partial charge in [0, 0.05) is 19.1 Å². The van der Waals surface area contributed by atoms with Crippen LogP contribution in [0.2, 0.25) is 0 Å². The molecule has 2 rings (SSSR count). The maximum absolute atomic E-state index is 12.7. The fourth-order valence-electron chi connectivity index (χ4n) is 3.36. The van der Waals surface area contributed by atoms with Crippen molar-refractivity contribution in [2.45, 2.75) is 65.0 Å². The Morgan fingerprint density at radius 3 is 2.38 bits per heavy atom. The third kappa shape index (κ3) is 4.19. The third-order valence-electron chi connectivity index (χ3n) is 4.52. The SMILES string of the molecule is CCNC(CN(CC(C)C)C1CC1)(C(=O)OCC)C1CC1. The summed E-state index contributed by atoms with van der Waals surface area (Å²) in [4.78, 5) is 15.2. The first kappa shape index (κ1) is 16.8. The van der Waals surface area contributed by atoms with E-state index in [1.54, 1.807) is 0 Å². The minimum Gasteiger partial charge on any atom is -0.465 e. The van der Waals surface area contributed by atoms with Gasteiger partial charge in [0.25, 0.3) is 0 Å². The Hall–Kier alpha value is -0.610. The molecule has 1 atom stereocenters. The van der Waals surface area contributed by atoms with Gasteiger partial charge in [-0.05, 0) is 51.0 Å². The van der Waals surface area contributed by atoms with Gasteiger partial charge in [0.05, 0.1) is 6.61 Å². The maximum atomic E-state index is 12.7. The number of hydrogen-bond donors (Lipinski definition) is 1. The van der Waals surface area contributed by atoms with Crippen LogP contribution < -0.4 is 5.32 Å². The predicted molar refractivity (Wildman–Crippen MR) is 85.2 cm³/mol. The van der Waals surface area contributed by atoms with Crippen molar-refractivity contribution in [3.8, 4) is 0 Å². The highest BCUT2D eigenvalue weighted by molar-refractivity contribution is 5.82. The lowest BCUT2D eigenvalue weighted by atomic mass is 9.91. The monoisotopic (exact) mass is 296 g/mol. The van der Waals surface area contributed by atoms with Crippen LogP contribution in [0.25, 0.3) is 0 Å². The summed E-state index contributed by atoms with van der Waals surface area (Å²) in [5, 5.41) is 3.51. The molecule has 1 N–H and O–H groups in total. The molecule has 4 nitrogen and oxygen atoms in total. The van der Waals surface area contributed by atoms with E-state index in [-0.39, 0.29) is 5.97 Å². The summed E-state index contributed by atoms with van der Waals surface area (Å²) >= 11 is 0. The Morgan fingerprint density at radius 2 is 1.95 bits per heavy atom. The van der Waals surface area contributed by atoms with Gasteiger partial charge in [-0.25, -0.2) is 4.79 Å². The fraction of sp³-hybridized carbons (Fsp3) is 0.941. The van der Waals surface area contributed by atoms with Gasteiger partial charge in [0.15, 0.2) is 0 Å². The average Bonchev–Trinajstić information content (AvgIpc) is 3.30. The minimum absolute atomic E-state index is 0.0382. The summed E-state index contributed by atoms with van der Waals surface area (Å²) < 4.78 is 5.44. The van der Waals surface area contributed by atoms with Crippen LogP contribution in [0.5, 0.6) is 0 Å². The largest absolute Gasteiger partial charge is 0.465 e. The first-order valence-electron chi connectivity index (χ1n) is 8.69. The van der Waals surface area contributed by atoms with Gasteiger partial charge >= 0.3 is 5.97 Å². The Morgan fingerprint density at radius 1 is 1.29 bits per heavy atom. The van der Waals surface area contributed by atoms with Crippen molar-refractivity contribution in [2.24, 2.45) is 11.8 Å². The van der Waals surface area contributed by atoms with E-state index < -0.39 is 5.54 Å². The van der Waals surface area contributed by atoms with E-state index >= 15 is 0 Å². The molecule has 2 saturated carbocycles. The van der Waals surface area contributed by atoms with E-state index in [9.17, 15) is 4.79 Å². The highest BCUT2D eigenvalue weighted by Crippen LogP contribution is 2.42. The van der Waals surface area contributed by atoms with Gasteiger partial charge in [0.2, 0.25) is 0 Å². The topological polar surface area (TPSA) is 41.6 Å². The summed E-state index contributed by atoms with van der Waals surface area (Å²) in [7, 11) is 0. The molecule has 2 aliphatic carbocycles. The molecule has 0 bridgehead atoms. The van der Waals surface area contributed by atoms with Gasteiger partial charge < -0.3 is 10.1 Å². The maximum Gasteiger partial charge on any atom is 0.327 e. The van der Waals surface area contributed by atoms with E-state index in [0.717, 1.165) is 32.5 Å². The zero-order chi connectivity index (χ0) is 15.5. The van der Waals surface area contributed by atoms with E-state index in [0.29, 0.717) is 24.5 Å². The lowest BCUT2D eigenvalue weighted by molar-refractivity contribution is -0.153. The van der Waals surface area contributed by atoms with Gasteiger partial charge in [-0.15, -0.1) is 0 Å². The second-order valence-electron chi connectivity index (χ2n) is 7.05. The zero-order valence-corrected chi connectivity index (χ0v) is 14.2. The van der Waals surface area contributed by atoms with Crippen molar-refractivity contribution in [2.75, 3.05) is 26.2 Å². The molecule has 0 radical (unpaired) electrons. The average molecular weight is 296 g/mol. The number of hydrogen-bond acceptors (Lipinski definition) is 4. The first-order valence-corrected chi connectivity index (χ1v) is 8.69. The van der Waals surface area contributed by atoms with Gasteiger partial charge in [-0.3, -0.25) is 4.90 Å². The molecule has 0 aliphatic heterocycles. The predicted octanol–water partition coefficient (Wildman–Crippen LogP) is 2.43. The van der Waals surface area contributed by atoms with Crippen molar-refractivity contribution >= 4 is 5.97 Å². The highest BCUT2D eigenvalue weighted by Gasteiger charge is 2.53. The quantitative estimate of drug-likeness (QED) is 0.629. The summed E-state index contributed by atoms with van der Waals surface area (Å²) in [6, 6.07) is 0.679. The molecule has 2 fully saturated rings. The molecule has 21 heavy (non-hydrogen) atoms. The van der Waals surface area contributed by atoms with Crippen molar-refractivity contribution in [1.82, 2.24) is 10.2 Å². The molecule has 0 heterocycles. The van der Waals surface area contributed by atoms with Crippen LogP contribution in [-0.4, -0.2) is 48.7 Å².